The Bertz CT molecular complexity index is 547. The molecular formula is C15H17N3O. The van der Waals surface area contributed by atoms with Crippen molar-refractivity contribution in [2.45, 2.75) is 19.8 Å². The van der Waals surface area contributed by atoms with E-state index in [0.29, 0.717) is 11.4 Å². The standard InChI is InChI=1S/C15H17N3O/c1-2-11-3-6-13(7-4-11)18-15(19)9-14-8-5-12(16)10-17-14/h3-8,10H,2,9,16H2,1H3,(H,18,19). The van der Waals surface area contributed by atoms with Gasteiger partial charge in [-0.2, -0.15) is 0 Å². The van der Waals surface area contributed by atoms with Gasteiger partial charge >= 0.3 is 0 Å². The monoisotopic (exact) mass is 255 g/mol. The van der Waals surface area contributed by atoms with E-state index in [2.05, 4.69) is 17.2 Å². The van der Waals surface area contributed by atoms with Crippen molar-refractivity contribution in [3.63, 3.8) is 0 Å². The van der Waals surface area contributed by atoms with Crippen LogP contribution >= 0.6 is 0 Å². The van der Waals surface area contributed by atoms with Gasteiger partial charge < -0.3 is 11.1 Å². The van der Waals surface area contributed by atoms with Crippen molar-refractivity contribution >= 4 is 17.3 Å². The fraction of sp³-hybridized carbons (Fsp3) is 0.200. The summed E-state index contributed by atoms with van der Waals surface area (Å²) in [5.74, 6) is -0.0819. The number of rotatable bonds is 4. The number of aryl methyl sites for hydroxylation is 1. The van der Waals surface area contributed by atoms with Crippen LogP contribution in [0.1, 0.15) is 18.2 Å². The van der Waals surface area contributed by atoms with E-state index in [-0.39, 0.29) is 12.3 Å². The normalized spacial score (nSPS) is 10.2. The molecule has 1 heterocycles. The summed E-state index contributed by atoms with van der Waals surface area (Å²) in [7, 11) is 0. The summed E-state index contributed by atoms with van der Waals surface area (Å²) in [6.45, 7) is 2.10. The van der Waals surface area contributed by atoms with Crippen LogP contribution < -0.4 is 11.1 Å². The third-order valence-corrected chi connectivity index (χ3v) is 2.84. The number of nitrogens with two attached hydrogens (primary N) is 1. The van der Waals surface area contributed by atoms with Crippen LogP contribution in [-0.2, 0) is 17.6 Å². The molecule has 0 aliphatic heterocycles. The zero-order valence-electron chi connectivity index (χ0n) is 10.9. The highest BCUT2D eigenvalue weighted by Gasteiger charge is 2.05. The van der Waals surface area contributed by atoms with Crippen molar-refractivity contribution in [2.75, 3.05) is 11.1 Å². The van der Waals surface area contributed by atoms with Gasteiger partial charge in [-0.1, -0.05) is 19.1 Å². The Labute approximate surface area is 112 Å². The number of nitrogens with zero attached hydrogens (tertiary/aromatic N) is 1. The lowest BCUT2D eigenvalue weighted by Crippen LogP contribution is -2.15. The number of hydrogen-bond donors (Lipinski definition) is 2. The highest BCUT2D eigenvalue weighted by Crippen LogP contribution is 2.10. The van der Waals surface area contributed by atoms with E-state index in [1.165, 1.54) is 5.56 Å². The van der Waals surface area contributed by atoms with Crippen LogP contribution in [0.4, 0.5) is 11.4 Å². The van der Waals surface area contributed by atoms with Gasteiger partial charge in [0.1, 0.15) is 0 Å². The number of aromatic nitrogens is 1. The van der Waals surface area contributed by atoms with Crippen molar-refractivity contribution < 1.29 is 4.79 Å². The molecule has 4 nitrogen and oxygen atoms in total. The summed E-state index contributed by atoms with van der Waals surface area (Å²) in [6.07, 6.45) is 2.79. The average Bonchev–Trinajstić information content (AvgIpc) is 2.42. The van der Waals surface area contributed by atoms with Crippen LogP contribution in [0.5, 0.6) is 0 Å². The lowest BCUT2D eigenvalue weighted by Gasteiger charge is -2.06. The molecule has 2 rings (SSSR count). The molecule has 0 fully saturated rings. The molecule has 0 radical (unpaired) electrons. The second kappa shape index (κ2) is 6.00. The maximum Gasteiger partial charge on any atom is 0.230 e. The molecule has 4 heteroatoms. The van der Waals surface area contributed by atoms with E-state index >= 15 is 0 Å². The molecule has 0 bridgehead atoms. The molecule has 3 N–H and O–H groups in total. The van der Waals surface area contributed by atoms with E-state index in [4.69, 9.17) is 5.73 Å². The van der Waals surface area contributed by atoms with Gasteiger partial charge in [0.15, 0.2) is 0 Å². The smallest absolute Gasteiger partial charge is 0.230 e. The average molecular weight is 255 g/mol. The Kier molecular flexibility index (Phi) is 4.13. The third kappa shape index (κ3) is 3.81. The molecule has 2 aromatic rings. The molecule has 0 saturated carbocycles. The van der Waals surface area contributed by atoms with Crippen molar-refractivity contribution in [1.82, 2.24) is 4.98 Å². The number of hydrogen-bond acceptors (Lipinski definition) is 3. The molecule has 0 aliphatic carbocycles. The van der Waals surface area contributed by atoms with Crippen LogP contribution in [0, 0.1) is 0 Å². The summed E-state index contributed by atoms with van der Waals surface area (Å²) in [5.41, 5.74) is 8.90. The molecule has 1 aromatic heterocycles. The third-order valence-electron chi connectivity index (χ3n) is 2.84. The summed E-state index contributed by atoms with van der Waals surface area (Å²) in [4.78, 5) is 15.9. The van der Waals surface area contributed by atoms with E-state index in [9.17, 15) is 4.79 Å². The van der Waals surface area contributed by atoms with Gasteiger partial charge in [-0.15, -0.1) is 0 Å². The van der Waals surface area contributed by atoms with Crippen molar-refractivity contribution in [1.29, 1.82) is 0 Å². The first kappa shape index (κ1) is 13.1. The summed E-state index contributed by atoms with van der Waals surface area (Å²) >= 11 is 0. The van der Waals surface area contributed by atoms with Crippen LogP contribution in [-0.4, -0.2) is 10.9 Å². The fourth-order valence-corrected chi connectivity index (χ4v) is 1.73. The van der Waals surface area contributed by atoms with Gasteiger partial charge in [0.25, 0.3) is 0 Å². The highest BCUT2D eigenvalue weighted by atomic mass is 16.1. The minimum Gasteiger partial charge on any atom is -0.397 e. The van der Waals surface area contributed by atoms with Gasteiger partial charge in [0.05, 0.1) is 18.3 Å². The fourth-order valence-electron chi connectivity index (χ4n) is 1.73. The van der Waals surface area contributed by atoms with Crippen molar-refractivity contribution in [2.24, 2.45) is 0 Å². The van der Waals surface area contributed by atoms with Gasteiger partial charge in [-0.05, 0) is 36.2 Å². The molecule has 0 aliphatic rings. The predicted molar refractivity (Wildman–Crippen MR) is 76.8 cm³/mol. The van der Waals surface area contributed by atoms with Gasteiger partial charge in [0, 0.05) is 11.4 Å². The summed E-state index contributed by atoms with van der Waals surface area (Å²) < 4.78 is 0. The number of amides is 1. The topological polar surface area (TPSA) is 68.0 Å². The Morgan fingerprint density at radius 1 is 1.21 bits per heavy atom. The predicted octanol–water partition coefficient (Wildman–Crippen LogP) is 2.41. The number of nitrogens with one attached hydrogen (secondary N) is 1. The summed E-state index contributed by atoms with van der Waals surface area (Å²) in [6, 6.07) is 11.3. The molecule has 98 valence electrons. The quantitative estimate of drug-likeness (QED) is 0.881. The van der Waals surface area contributed by atoms with Crippen LogP contribution in [0.15, 0.2) is 42.6 Å². The molecule has 19 heavy (non-hydrogen) atoms. The second-order valence-corrected chi connectivity index (χ2v) is 4.36. The first-order valence-corrected chi connectivity index (χ1v) is 6.26. The maximum atomic E-state index is 11.8. The Balaban J connectivity index is 1.95. The second-order valence-electron chi connectivity index (χ2n) is 4.36. The molecule has 0 spiro atoms. The van der Waals surface area contributed by atoms with Gasteiger partial charge in [0.2, 0.25) is 5.91 Å². The minimum absolute atomic E-state index is 0.0819. The molecule has 0 atom stereocenters. The number of nitrogen functional groups attached to an aromatic ring is 1. The van der Waals surface area contributed by atoms with Crippen molar-refractivity contribution in [3.05, 3.63) is 53.9 Å². The van der Waals surface area contributed by atoms with Crippen molar-refractivity contribution in [3.8, 4) is 0 Å². The number of carbonyl (C=O) groups excluding carboxylic acids is 1. The molecule has 0 saturated heterocycles. The SMILES string of the molecule is CCc1ccc(NC(=O)Cc2ccc(N)cn2)cc1. The van der Waals surface area contributed by atoms with Crippen LogP contribution in [0.25, 0.3) is 0 Å². The Hall–Kier alpha value is -2.36. The lowest BCUT2D eigenvalue weighted by molar-refractivity contribution is -0.115. The maximum absolute atomic E-state index is 11.8. The summed E-state index contributed by atoms with van der Waals surface area (Å²) in [5, 5.41) is 2.85. The van der Waals surface area contributed by atoms with Crippen LogP contribution in [0.2, 0.25) is 0 Å². The van der Waals surface area contributed by atoms with E-state index < -0.39 is 0 Å². The number of benzene rings is 1. The first-order valence-electron chi connectivity index (χ1n) is 6.26. The Morgan fingerprint density at radius 3 is 2.53 bits per heavy atom. The Morgan fingerprint density at radius 2 is 1.95 bits per heavy atom. The van der Waals surface area contributed by atoms with E-state index in [0.717, 1.165) is 12.1 Å². The zero-order chi connectivity index (χ0) is 13.7. The first-order chi connectivity index (χ1) is 9.17. The number of anilines is 2. The minimum atomic E-state index is -0.0819. The molecule has 1 aromatic carbocycles. The molecular weight excluding hydrogens is 238 g/mol. The van der Waals surface area contributed by atoms with E-state index in [1.54, 1.807) is 18.3 Å². The highest BCUT2D eigenvalue weighted by molar-refractivity contribution is 5.92. The van der Waals surface area contributed by atoms with Gasteiger partial charge in [-0.25, -0.2) is 0 Å². The number of carbonyl (C=O) groups is 1. The largest absolute Gasteiger partial charge is 0.397 e. The van der Waals surface area contributed by atoms with Crippen LogP contribution in [0.3, 0.4) is 0 Å². The molecule has 1 amide bonds. The molecule has 0 unspecified atom stereocenters. The van der Waals surface area contributed by atoms with E-state index in [1.807, 2.05) is 24.3 Å². The lowest BCUT2D eigenvalue weighted by atomic mass is 10.1. The number of pyridine rings is 1. The van der Waals surface area contributed by atoms with Gasteiger partial charge in [-0.3, -0.25) is 9.78 Å². The zero-order valence-corrected chi connectivity index (χ0v) is 10.9.